The highest BCUT2D eigenvalue weighted by atomic mass is 35.5. The van der Waals surface area contributed by atoms with E-state index in [-0.39, 0.29) is 11.7 Å². The molecule has 2 aromatic carbocycles. The van der Waals surface area contributed by atoms with Gasteiger partial charge in [-0.05, 0) is 47.7 Å². The van der Waals surface area contributed by atoms with Crippen molar-refractivity contribution in [3.8, 4) is 11.5 Å². The zero-order valence-corrected chi connectivity index (χ0v) is 16.1. The summed E-state index contributed by atoms with van der Waals surface area (Å²) in [7, 11) is -3.38. The quantitative estimate of drug-likeness (QED) is 0.775. The summed E-state index contributed by atoms with van der Waals surface area (Å²) in [5, 5.41) is 0.590. The Hall–Kier alpha value is -1.76. The van der Waals surface area contributed by atoms with Gasteiger partial charge in [-0.3, -0.25) is 0 Å². The lowest BCUT2D eigenvalue weighted by Crippen LogP contribution is -2.27. The molecule has 0 saturated heterocycles. The summed E-state index contributed by atoms with van der Waals surface area (Å²) in [5.74, 6) is 1.66. The van der Waals surface area contributed by atoms with Crippen molar-refractivity contribution in [1.82, 2.24) is 4.72 Å². The van der Waals surface area contributed by atoms with Crippen LogP contribution in [0.4, 0.5) is 0 Å². The van der Waals surface area contributed by atoms with Crippen LogP contribution in [0.1, 0.15) is 30.4 Å². The summed E-state index contributed by atoms with van der Waals surface area (Å²) in [4.78, 5) is 0. The normalized spacial score (nSPS) is 14.8. The van der Waals surface area contributed by atoms with E-state index in [1.807, 2.05) is 18.2 Å². The van der Waals surface area contributed by atoms with E-state index in [0.29, 0.717) is 36.8 Å². The molecule has 0 radical (unpaired) electrons. The van der Waals surface area contributed by atoms with Crippen molar-refractivity contribution in [3.05, 3.63) is 58.6 Å². The van der Waals surface area contributed by atoms with Crippen LogP contribution in [0.2, 0.25) is 5.02 Å². The van der Waals surface area contributed by atoms with Gasteiger partial charge in [0.15, 0.2) is 11.5 Å². The van der Waals surface area contributed by atoms with E-state index in [2.05, 4.69) is 11.6 Å². The van der Waals surface area contributed by atoms with Gasteiger partial charge in [0.1, 0.15) is 13.2 Å². The molecule has 0 aromatic heterocycles. The van der Waals surface area contributed by atoms with E-state index >= 15 is 0 Å². The van der Waals surface area contributed by atoms with Crippen molar-refractivity contribution in [2.45, 2.75) is 25.0 Å². The molecular formula is C19H22ClNO4S. The average Bonchev–Trinajstić information content (AvgIpc) is 2.63. The standard InChI is InChI=1S/C19H22ClNO4S/c1-14(16-4-7-18-19(12-16)25-11-10-24-18)8-9-21-26(22,23)13-15-2-5-17(20)6-3-15/h2-7,12,14,21H,8-11,13H2,1H3. The molecule has 0 amide bonds. The number of sulfonamides is 1. The summed E-state index contributed by atoms with van der Waals surface area (Å²) in [5.41, 5.74) is 1.81. The molecule has 5 nitrogen and oxygen atoms in total. The smallest absolute Gasteiger partial charge is 0.215 e. The Morgan fingerprint density at radius 1 is 1.08 bits per heavy atom. The SMILES string of the molecule is CC(CCNS(=O)(=O)Cc1ccc(Cl)cc1)c1ccc2c(c1)OCCO2. The first kappa shape index (κ1) is 19.0. The van der Waals surface area contributed by atoms with Crippen LogP contribution < -0.4 is 14.2 Å². The molecule has 1 aliphatic rings. The fourth-order valence-electron chi connectivity index (χ4n) is 2.82. The minimum atomic E-state index is -3.38. The van der Waals surface area contributed by atoms with Crippen LogP contribution in [-0.4, -0.2) is 28.2 Å². The predicted octanol–water partition coefficient (Wildman–Crippen LogP) is 3.72. The topological polar surface area (TPSA) is 64.6 Å². The van der Waals surface area contributed by atoms with Gasteiger partial charge in [-0.1, -0.05) is 36.7 Å². The predicted molar refractivity (Wildman–Crippen MR) is 103 cm³/mol. The fourth-order valence-corrected chi connectivity index (χ4v) is 4.10. The molecule has 0 spiro atoms. The Labute approximate surface area is 159 Å². The molecule has 0 saturated carbocycles. The molecule has 7 heteroatoms. The van der Waals surface area contributed by atoms with Gasteiger partial charge >= 0.3 is 0 Å². The molecule has 1 heterocycles. The first-order valence-electron chi connectivity index (χ1n) is 8.54. The second-order valence-electron chi connectivity index (χ2n) is 6.37. The van der Waals surface area contributed by atoms with E-state index in [1.165, 1.54) is 0 Å². The molecule has 0 bridgehead atoms. The second-order valence-corrected chi connectivity index (χ2v) is 8.62. The number of benzene rings is 2. The molecule has 1 aliphatic heterocycles. The Balaban J connectivity index is 1.52. The summed E-state index contributed by atoms with van der Waals surface area (Å²) >= 11 is 5.82. The molecule has 0 aliphatic carbocycles. The van der Waals surface area contributed by atoms with E-state index in [1.54, 1.807) is 24.3 Å². The van der Waals surface area contributed by atoms with Crippen molar-refractivity contribution in [2.24, 2.45) is 0 Å². The largest absolute Gasteiger partial charge is 0.486 e. The van der Waals surface area contributed by atoms with Crippen molar-refractivity contribution in [2.75, 3.05) is 19.8 Å². The highest BCUT2D eigenvalue weighted by Crippen LogP contribution is 2.33. The van der Waals surface area contributed by atoms with E-state index < -0.39 is 10.0 Å². The Morgan fingerprint density at radius 2 is 1.77 bits per heavy atom. The number of halogens is 1. The van der Waals surface area contributed by atoms with E-state index in [0.717, 1.165) is 17.1 Å². The average molecular weight is 396 g/mol. The van der Waals surface area contributed by atoms with Gasteiger partial charge in [-0.15, -0.1) is 0 Å². The number of fused-ring (bicyclic) bond motifs is 1. The van der Waals surface area contributed by atoms with Crippen LogP contribution in [0.5, 0.6) is 11.5 Å². The van der Waals surface area contributed by atoms with Crippen LogP contribution in [0.25, 0.3) is 0 Å². The summed E-state index contributed by atoms with van der Waals surface area (Å²) in [6.45, 7) is 3.57. The Morgan fingerprint density at radius 3 is 2.50 bits per heavy atom. The zero-order valence-electron chi connectivity index (χ0n) is 14.6. The summed E-state index contributed by atoms with van der Waals surface area (Å²) < 4.78 is 38.2. The zero-order chi connectivity index (χ0) is 18.6. The van der Waals surface area contributed by atoms with Crippen molar-refractivity contribution < 1.29 is 17.9 Å². The number of ether oxygens (including phenoxy) is 2. The monoisotopic (exact) mass is 395 g/mol. The van der Waals surface area contributed by atoms with Crippen LogP contribution in [0.15, 0.2) is 42.5 Å². The summed E-state index contributed by atoms with van der Waals surface area (Å²) in [6, 6.07) is 12.7. The molecule has 1 N–H and O–H groups in total. The van der Waals surface area contributed by atoms with Crippen LogP contribution >= 0.6 is 11.6 Å². The molecular weight excluding hydrogens is 374 g/mol. The van der Waals surface area contributed by atoms with Crippen LogP contribution in [0, 0.1) is 0 Å². The van der Waals surface area contributed by atoms with Gasteiger partial charge < -0.3 is 9.47 Å². The van der Waals surface area contributed by atoms with Crippen LogP contribution in [0.3, 0.4) is 0 Å². The minimum absolute atomic E-state index is 0.0530. The Kier molecular flexibility index (Phi) is 6.06. The van der Waals surface area contributed by atoms with Crippen molar-refractivity contribution >= 4 is 21.6 Å². The van der Waals surface area contributed by atoms with Gasteiger partial charge in [0.2, 0.25) is 10.0 Å². The maximum absolute atomic E-state index is 12.2. The van der Waals surface area contributed by atoms with Crippen molar-refractivity contribution in [1.29, 1.82) is 0 Å². The summed E-state index contributed by atoms with van der Waals surface area (Å²) in [6.07, 6.45) is 0.694. The van der Waals surface area contributed by atoms with E-state index in [9.17, 15) is 8.42 Å². The number of nitrogens with one attached hydrogen (secondary N) is 1. The van der Waals surface area contributed by atoms with Gasteiger partial charge in [0.25, 0.3) is 0 Å². The third-order valence-corrected chi connectivity index (χ3v) is 5.91. The molecule has 1 atom stereocenters. The molecule has 0 fully saturated rings. The number of hydrogen-bond acceptors (Lipinski definition) is 4. The lowest BCUT2D eigenvalue weighted by molar-refractivity contribution is 0.171. The van der Waals surface area contributed by atoms with Gasteiger partial charge in [-0.2, -0.15) is 0 Å². The molecule has 2 aromatic rings. The van der Waals surface area contributed by atoms with Crippen molar-refractivity contribution in [3.63, 3.8) is 0 Å². The third kappa shape index (κ3) is 5.13. The van der Waals surface area contributed by atoms with Crippen LogP contribution in [-0.2, 0) is 15.8 Å². The number of hydrogen-bond donors (Lipinski definition) is 1. The lowest BCUT2D eigenvalue weighted by Gasteiger charge is -2.20. The Bertz CT molecular complexity index is 852. The fraction of sp³-hybridized carbons (Fsp3) is 0.368. The first-order chi connectivity index (χ1) is 12.4. The highest BCUT2D eigenvalue weighted by molar-refractivity contribution is 7.88. The number of rotatable bonds is 7. The highest BCUT2D eigenvalue weighted by Gasteiger charge is 2.16. The van der Waals surface area contributed by atoms with E-state index in [4.69, 9.17) is 21.1 Å². The maximum atomic E-state index is 12.2. The van der Waals surface area contributed by atoms with Gasteiger partial charge in [0.05, 0.1) is 5.75 Å². The first-order valence-corrected chi connectivity index (χ1v) is 10.6. The van der Waals surface area contributed by atoms with Gasteiger partial charge in [-0.25, -0.2) is 13.1 Å². The molecule has 1 unspecified atom stereocenters. The van der Waals surface area contributed by atoms with Gasteiger partial charge in [0, 0.05) is 11.6 Å². The second kappa shape index (κ2) is 8.29. The lowest BCUT2D eigenvalue weighted by atomic mass is 9.97. The molecule has 3 rings (SSSR count). The molecule has 26 heavy (non-hydrogen) atoms. The maximum Gasteiger partial charge on any atom is 0.215 e. The molecule has 140 valence electrons. The minimum Gasteiger partial charge on any atom is -0.486 e. The third-order valence-electron chi connectivity index (χ3n) is 4.30.